The maximum absolute atomic E-state index is 12.1. The predicted molar refractivity (Wildman–Crippen MR) is 97.0 cm³/mol. The van der Waals surface area contributed by atoms with Gasteiger partial charge in [0.25, 0.3) is 10.1 Å². The van der Waals surface area contributed by atoms with Crippen molar-refractivity contribution in [3.8, 4) is 0 Å². The van der Waals surface area contributed by atoms with Crippen LogP contribution >= 0.6 is 0 Å². The third kappa shape index (κ3) is 9.21. The summed E-state index contributed by atoms with van der Waals surface area (Å²) < 4.78 is 42.7. The topological polar surface area (TPSA) is 107 Å². The van der Waals surface area contributed by atoms with Crippen LogP contribution in [-0.4, -0.2) is 38.1 Å². The van der Waals surface area contributed by atoms with Crippen molar-refractivity contribution in [3.63, 3.8) is 0 Å². The largest absolute Gasteiger partial charge is 1.00 e. The van der Waals surface area contributed by atoms with Crippen molar-refractivity contribution >= 4 is 22.1 Å². The second-order valence-electron chi connectivity index (χ2n) is 5.87. The van der Waals surface area contributed by atoms with E-state index in [2.05, 4.69) is 0 Å². The van der Waals surface area contributed by atoms with Crippen molar-refractivity contribution in [1.29, 1.82) is 0 Å². The quantitative estimate of drug-likeness (QED) is 0.248. The summed E-state index contributed by atoms with van der Waals surface area (Å²) in [4.78, 5) is 23.4. The predicted octanol–water partition coefficient (Wildman–Crippen LogP) is 0.744. The van der Waals surface area contributed by atoms with Crippen LogP contribution in [0.15, 0.2) is 23.1 Å². The van der Waals surface area contributed by atoms with E-state index in [-0.39, 0.29) is 55.3 Å². The number of unbranched alkanes of at least 4 members (excludes halogenated alkanes) is 4. The van der Waals surface area contributed by atoms with E-state index in [1.807, 2.05) is 13.8 Å². The van der Waals surface area contributed by atoms with E-state index in [0.29, 0.717) is 12.8 Å². The fourth-order valence-electron chi connectivity index (χ4n) is 2.23. The van der Waals surface area contributed by atoms with E-state index >= 15 is 0 Å². The molecule has 1 rings (SSSR count). The molecule has 0 aliphatic carbocycles. The van der Waals surface area contributed by atoms with Gasteiger partial charge in [0.05, 0.1) is 24.3 Å². The molecule has 148 valence electrons. The Hall–Kier alpha value is -0.930. The van der Waals surface area contributed by atoms with Crippen molar-refractivity contribution in [2.24, 2.45) is 0 Å². The molecule has 0 heterocycles. The number of rotatable bonds is 11. The molecule has 0 atom stereocenters. The molecule has 0 saturated carbocycles. The molecule has 0 fully saturated rings. The summed E-state index contributed by atoms with van der Waals surface area (Å²) in [5.74, 6) is -1.58. The number of benzene rings is 1. The number of carbonyl (C=O) groups excluding carboxylic acids is 2. The summed E-state index contributed by atoms with van der Waals surface area (Å²) in [5, 5.41) is 0. The fourth-order valence-corrected chi connectivity index (χ4v) is 2.93. The van der Waals surface area contributed by atoms with Gasteiger partial charge in [-0.25, -0.2) is 9.59 Å². The van der Waals surface area contributed by atoms with Crippen LogP contribution in [0, 0.1) is 0 Å². The molecule has 0 aromatic heterocycles. The van der Waals surface area contributed by atoms with Crippen molar-refractivity contribution in [3.05, 3.63) is 29.3 Å². The van der Waals surface area contributed by atoms with Gasteiger partial charge in [-0.05, 0) is 31.0 Å². The third-order valence-corrected chi connectivity index (χ3v) is 4.57. The van der Waals surface area contributed by atoms with Gasteiger partial charge >= 0.3 is 41.5 Å². The summed E-state index contributed by atoms with van der Waals surface area (Å²) in [6.45, 7) is 4.38. The SMILES string of the molecule is CCCCCOC(=O)c1ccc(C(=O)OCCCCC)c(S(=O)(=O)O)c1.[H-].[Na+]. The van der Waals surface area contributed by atoms with Gasteiger partial charge in [-0.1, -0.05) is 39.5 Å². The van der Waals surface area contributed by atoms with Crippen LogP contribution in [0.25, 0.3) is 0 Å². The smallest absolute Gasteiger partial charge is 1.00 e. The second kappa shape index (κ2) is 13.3. The Kier molecular flexibility index (Phi) is 12.8. The van der Waals surface area contributed by atoms with Crippen molar-refractivity contribution in [1.82, 2.24) is 0 Å². The maximum atomic E-state index is 12.1. The van der Waals surface area contributed by atoms with E-state index in [1.165, 1.54) is 6.07 Å². The first kappa shape index (κ1) is 26.1. The molecule has 7 nitrogen and oxygen atoms in total. The zero-order valence-corrected chi connectivity index (χ0v) is 19.0. The van der Waals surface area contributed by atoms with Gasteiger partial charge in [0.2, 0.25) is 0 Å². The molecule has 0 aliphatic heterocycles. The van der Waals surface area contributed by atoms with Crippen molar-refractivity contribution in [2.45, 2.75) is 57.3 Å². The Labute approximate surface area is 184 Å². The molecule has 0 spiro atoms. The molecule has 1 aromatic rings. The number of ether oxygens (including phenoxy) is 2. The first-order valence-electron chi connectivity index (χ1n) is 8.77. The van der Waals surface area contributed by atoms with Gasteiger partial charge in [-0.3, -0.25) is 4.55 Å². The number of hydrogen-bond acceptors (Lipinski definition) is 6. The normalized spacial score (nSPS) is 10.8. The van der Waals surface area contributed by atoms with Gasteiger partial charge in [0.15, 0.2) is 0 Å². The van der Waals surface area contributed by atoms with E-state index in [4.69, 9.17) is 9.47 Å². The zero-order chi connectivity index (χ0) is 19.6. The summed E-state index contributed by atoms with van der Waals surface area (Å²) in [7, 11) is -4.71. The molecular weight excluding hydrogens is 383 g/mol. The van der Waals surface area contributed by atoms with Gasteiger partial charge in [0.1, 0.15) is 4.90 Å². The molecule has 0 aliphatic rings. The van der Waals surface area contributed by atoms with Crippen LogP contribution in [-0.2, 0) is 19.6 Å². The molecule has 1 N–H and O–H groups in total. The van der Waals surface area contributed by atoms with Crippen LogP contribution in [0.2, 0.25) is 0 Å². The minimum absolute atomic E-state index is 0. The average Bonchev–Trinajstić information content (AvgIpc) is 2.60. The molecular formula is C18H27NaO7S. The van der Waals surface area contributed by atoms with Gasteiger partial charge in [0, 0.05) is 0 Å². The van der Waals surface area contributed by atoms with Gasteiger partial charge < -0.3 is 10.9 Å². The molecule has 27 heavy (non-hydrogen) atoms. The number of hydrogen-bond donors (Lipinski definition) is 1. The van der Waals surface area contributed by atoms with Crippen LogP contribution < -0.4 is 29.6 Å². The molecule has 9 heteroatoms. The standard InChI is InChI=1S/C18H26O7S.Na.H/c1-3-5-7-11-24-17(19)14-9-10-15(16(13-14)26(21,22)23)18(20)25-12-8-6-4-2;;/h9-10,13H,3-8,11-12H2,1-2H3,(H,21,22,23);;/q;+1;-1. The molecule has 0 bridgehead atoms. The Morgan fingerprint density at radius 1 is 0.963 bits per heavy atom. The molecule has 0 saturated heterocycles. The number of esters is 2. The van der Waals surface area contributed by atoms with E-state index in [1.54, 1.807) is 0 Å². The first-order valence-corrected chi connectivity index (χ1v) is 10.2. The maximum Gasteiger partial charge on any atom is 1.00 e. The summed E-state index contributed by atoms with van der Waals surface area (Å²) in [6, 6.07) is 3.35. The Morgan fingerprint density at radius 2 is 1.48 bits per heavy atom. The fraction of sp³-hybridized carbons (Fsp3) is 0.556. The van der Waals surface area contributed by atoms with E-state index in [0.717, 1.165) is 37.8 Å². The van der Waals surface area contributed by atoms with Crippen LogP contribution in [0.3, 0.4) is 0 Å². The molecule has 1 aromatic carbocycles. The van der Waals surface area contributed by atoms with Gasteiger partial charge in [-0.2, -0.15) is 8.42 Å². The summed E-state index contributed by atoms with van der Waals surface area (Å²) >= 11 is 0. The van der Waals surface area contributed by atoms with E-state index in [9.17, 15) is 22.6 Å². The monoisotopic (exact) mass is 410 g/mol. The first-order chi connectivity index (χ1) is 12.3. The molecule has 0 radical (unpaired) electrons. The Balaban J connectivity index is 0. The molecule has 0 unspecified atom stereocenters. The minimum Gasteiger partial charge on any atom is -1.00 e. The van der Waals surface area contributed by atoms with Crippen molar-refractivity contribution in [2.75, 3.05) is 13.2 Å². The van der Waals surface area contributed by atoms with Crippen LogP contribution in [0.5, 0.6) is 0 Å². The van der Waals surface area contributed by atoms with E-state index < -0.39 is 27.0 Å². The Bertz CT molecular complexity index is 723. The Morgan fingerprint density at radius 3 is 1.96 bits per heavy atom. The van der Waals surface area contributed by atoms with Crippen LogP contribution in [0.1, 0.15) is 74.5 Å². The third-order valence-electron chi connectivity index (χ3n) is 3.68. The zero-order valence-electron chi connectivity index (χ0n) is 17.2. The minimum atomic E-state index is -4.71. The van der Waals surface area contributed by atoms with Gasteiger partial charge in [-0.15, -0.1) is 0 Å². The average molecular weight is 410 g/mol. The van der Waals surface area contributed by atoms with Crippen LogP contribution in [0.4, 0.5) is 0 Å². The molecule has 0 amide bonds. The summed E-state index contributed by atoms with van der Waals surface area (Å²) in [6.07, 6.45) is 5.07. The van der Waals surface area contributed by atoms with Crippen molar-refractivity contribution < 1.29 is 63.0 Å². The second-order valence-corrected chi connectivity index (χ2v) is 7.26. The number of carbonyl (C=O) groups is 2. The summed E-state index contributed by atoms with van der Waals surface area (Å²) in [5.41, 5.74) is -0.372.